The minimum Gasteiger partial charge on any atom is -0.465 e. The third-order valence-electron chi connectivity index (χ3n) is 3.81. The summed E-state index contributed by atoms with van der Waals surface area (Å²) in [4.78, 5) is 13.7. The van der Waals surface area contributed by atoms with E-state index in [1.165, 1.54) is 0 Å². The van der Waals surface area contributed by atoms with Gasteiger partial charge in [-0.05, 0) is 45.8 Å². The van der Waals surface area contributed by atoms with Gasteiger partial charge in [-0.15, -0.1) is 0 Å². The van der Waals surface area contributed by atoms with Crippen LogP contribution in [0.25, 0.3) is 0 Å². The van der Waals surface area contributed by atoms with Crippen molar-refractivity contribution in [3.63, 3.8) is 0 Å². The SMILES string of the molecule is CCNC(CCN1CCC(C(F)(F)F)CC1)C(=O)OCC. The molecule has 124 valence electrons. The van der Waals surface area contributed by atoms with Gasteiger partial charge in [-0.25, -0.2) is 0 Å². The van der Waals surface area contributed by atoms with E-state index < -0.39 is 12.1 Å². The van der Waals surface area contributed by atoms with Gasteiger partial charge < -0.3 is 15.0 Å². The van der Waals surface area contributed by atoms with Crippen molar-refractivity contribution >= 4 is 5.97 Å². The molecule has 0 aromatic carbocycles. The van der Waals surface area contributed by atoms with Crippen LogP contribution in [-0.2, 0) is 9.53 Å². The zero-order valence-corrected chi connectivity index (χ0v) is 12.7. The molecule has 0 spiro atoms. The van der Waals surface area contributed by atoms with Gasteiger partial charge >= 0.3 is 12.1 Å². The van der Waals surface area contributed by atoms with E-state index in [4.69, 9.17) is 4.74 Å². The lowest BCUT2D eigenvalue weighted by molar-refractivity contribution is -0.185. The van der Waals surface area contributed by atoms with Gasteiger partial charge in [0.15, 0.2) is 0 Å². The fourth-order valence-electron chi connectivity index (χ4n) is 2.59. The van der Waals surface area contributed by atoms with Gasteiger partial charge in [0.2, 0.25) is 0 Å². The Bertz CT molecular complexity index is 316. The highest BCUT2D eigenvalue weighted by atomic mass is 19.4. The third kappa shape index (κ3) is 6.22. The monoisotopic (exact) mass is 310 g/mol. The minimum atomic E-state index is -4.08. The minimum absolute atomic E-state index is 0.148. The van der Waals surface area contributed by atoms with Crippen LogP contribution in [0.4, 0.5) is 13.2 Å². The number of nitrogens with one attached hydrogen (secondary N) is 1. The van der Waals surface area contributed by atoms with Crippen LogP contribution in [-0.4, -0.2) is 55.9 Å². The van der Waals surface area contributed by atoms with Crippen molar-refractivity contribution in [3.8, 4) is 0 Å². The van der Waals surface area contributed by atoms with Gasteiger partial charge in [-0.1, -0.05) is 6.92 Å². The molecular formula is C14H25F3N2O2. The Kier molecular flexibility index (Phi) is 7.45. The summed E-state index contributed by atoms with van der Waals surface area (Å²) in [6, 6.07) is -0.379. The number of nitrogens with zero attached hydrogens (tertiary/aromatic N) is 1. The molecular weight excluding hydrogens is 285 g/mol. The molecule has 1 heterocycles. The lowest BCUT2D eigenvalue weighted by atomic mass is 9.96. The normalized spacial score (nSPS) is 19.5. The van der Waals surface area contributed by atoms with Crippen LogP contribution in [0.1, 0.15) is 33.1 Å². The van der Waals surface area contributed by atoms with Gasteiger partial charge in [-0.2, -0.15) is 13.2 Å². The molecule has 0 radical (unpaired) electrons. The van der Waals surface area contributed by atoms with Crippen LogP contribution in [0.5, 0.6) is 0 Å². The predicted octanol–water partition coefficient (Wildman–Crippen LogP) is 2.19. The van der Waals surface area contributed by atoms with Gasteiger partial charge in [0.05, 0.1) is 12.5 Å². The molecule has 1 atom stereocenters. The second kappa shape index (κ2) is 8.58. The molecule has 1 aliphatic rings. The summed E-state index contributed by atoms with van der Waals surface area (Å²) in [6.07, 6.45) is -3.23. The summed E-state index contributed by atoms with van der Waals surface area (Å²) in [5.41, 5.74) is 0. The highest BCUT2D eigenvalue weighted by molar-refractivity contribution is 5.75. The number of ether oxygens (including phenoxy) is 1. The van der Waals surface area contributed by atoms with Crippen LogP contribution < -0.4 is 5.32 Å². The van der Waals surface area contributed by atoms with Crippen LogP contribution in [0.3, 0.4) is 0 Å². The number of piperidine rings is 1. The molecule has 0 aromatic rings. The Labute approximate surface area is 124 Å². The first kappa shape index (κ1) is 18.2. The van der Waals surface area contributed by atoms with Crippen molar-refractivity contribution in [2.24, 2.45) is 5.92 Å². The Hall–Kier alpha value is -0.820. The predicted molar refractivity (Wildman–Crippen MR) is 73.9 cm³/mol. The zero-order valence-electron chi connectivity index (χ0n) is 12.7. The molecule has 0 saturated carbocycles. The summed E-state index contributed by atoms with van der Waals surface area (Å²) in [7, 11) is 0. The van der Waals surface area contributed by atoms with Crippen molar-refractivity contribution in [2.45, 2.75) is 45.3 Å². The first-order valence-electron chi connectivity index (χ1n) is 7.57. The number of esters is 1. The number of carbonyl (C=O) groups excluding carboxylic acids is 1. The maximum atomic E-state index is 12.6. The largest absolute Gasteiger partial charge is 0.465 e. The van der Waals surface area contributed by atoms with E-state index in [1.54, 1.807) is 6.92 Å². The number of hydrogen-bond acceptors (Lipinski definition) is 4. The Morgan fingerprint density at radius 2 is 1.95 bits per heavy atom. The molecule has 21 heavy (non-hydrogen) atoms. The summed E-state index contributed by atoms with van der Waals surface area (Å²) in [5.74, 6) is -1.46. The van der Waals surface area contributed by atoms with Crippen LogP contribution in [0.15, 0.2) is 0 Å². The second-order valence-corrected chi connectivity index (χ2v) is 5.31. The number of likely N-dealkylation sites (tertiary alicyclic amines) is 1. The molecule has 7 heteroatoms. The molecule has 0 amide bonds. The Morgan fingerprint density at radius 1 is 1.33 bits per heavy atom. The molecule has 1 saturated heterocycles. The van der Waals surface area contributed by atoms with Gasteiger partial charge in [-0.3, -0.25) is 4.79 Å². The maximum Gasteiger partial charge on any atom is 0.391 e. The van der Waals surface area contributed by atoms with Crippen LogP contribution in [0.2, 0.25) is 0 Å². The van der Waals surface area contributed by atoms with Gasteiger partial charge in [0, 0.05) is 6.54 Å². The summed E-state index contributed by atoms with van der Waals surface area (Å²) in [5, 5.41) is 3.06. The number of carbonyl (C=O) groups is 1. The van der Waals surface area contributed by atoms with Crippen molar-refractivity contribution in [2.75, 3.05) is 32.8 Å². The first-order chi connectivity index (χ1) is 9.88. The van der Waals surface area contributed by atoms with Crippen molar-refractivity contribution in [3.05, 3.63) is 0 Å². The second-order valence-electron chi connectivity index (χ2n) is 5.31. The number of likely N-dealkylation sites (N-methyl/N-ethyl adjacent to an activating group) is 1. The average Bonchev–Trinajstić information content (AvgIpc) is 2.43. The third-order valence-corrected chi connectivity index (χ3v) is 3.81. The van der Waals surface area contributed by atoms with E-state index in [1.807, 2.05) is 11.8 Å². The smallest absolute Gasteiger partial charge is 0.391 e. The fraction of sp³-hybridized carbons (Fsp3) is 0.929. The summed E-state index contributed by atoms with van der Waals surface area (Å²) in [6.45, 7) is 6.12. The van der Waals surface area contributed by atoms with Crippen molar-refractivity contribution < 1.29 is 22.7 Å². The Morgan fingerprint density at radius 3 is 2.43 bits per heavy atom. The molecule has 1 N–H and O–H groups in total. The molecule has 1 rings (SSSR count). The highest BCUT2D eigenvalue weighted by Crippen LogP contribution is 2.34. The number of halogens is 3. The molecule has 1 aliphatic heterocycles. The summed E-state index contributed by atoms with van der Waals surface area (Å²) < 4.78 is 42.7. The van der Waals surface area contributed by atoms with E-state index in [9.17, 15) is 18.0 Å². The highest BCUT2D eigenvalue weighted by Gasteiger charge is 2.41. The molecule has 1 unspecified atom stereocenters. The quantitative estimate of drug-likeness (QED) is 0.732. The van der Waals surface area contributed by atoms with E-state index in [0.717, 1.165) is 0 Å². The van der Waals surface area contributed by atoms with Gasteiger partial charge in [0.25, 0.3) is 0 Å². The number of alkyl halides is 3. The lowest BCUT2D eigenvalue weighted by Crippen LogP contribution is -2.44. The van der Waals surface area contributed by atoms with Gasteiger partial charge in [0.1, 0.15) is 6.04 Å². The molecule has 0 bridgehead atoms. The van der Waals surface area contributed by atoms with Crippen molar-refractivity contribution in [1.29, 1.82) is 0 Å². The van der Waals surface area contributed by atoms with Crippen molar-refractivity contribution in [1.82, 2.24) is 10.2 Å². The van der Waals surface area contributed by atoms with E-state index >= 15 is 0 Å². The summed E-state index contributed by atoms with van der Waals surface area (Å²) >= 11 is 0. The lowest BCUT2D eigenvalue weighted by Gasteiger charge is -2.33. The number of hydrogen-bond donors (Lipinski definition) is 1. The molecule has 0 aromatic heterocycles. The first-order valence-corrected chi connectivity index (χ1v) is 7.57. The molecule has 1 fully saturated rings. The molecule has 0 aliphatic carbocycles. The van der Waals surface area contributed by atoms with E-state index in [2.05, 4.69) is 5.32 Å². The zero-order chi connectivity index (χ0) is 15.9. The standard InChI is InChI=1S/C14H25F3N2O2/c1-3-18-12(13(20)21-4-2)7-10-19-8-5-11(6-9-19)14(15,16)17/h11-12,18H,3-10H2,1-2H3. The number of rotatable bonds is 7. The molecule has 4 nitrogen and oxygen atoms in total. The maximum absolute atomic E-state index is 12.6. The fourth-order valence-corrected chi connectivity index (χ4v) is 2.59. The van der Waals surface area contributed by atoms with Crippen LogP contribution in [0, 0.1) is 5.92 Å². The average molecular weight is 310 g/mol. The van der Waals surface area contributed by atoms with E-state index in [0.29, 0.717) is 39.2 Å². The van der Waals surface area contributed by atoms with E-state index in [-0.39, 0.29) is 24.9 Å². The van der Waals surface area contributed by atoms with Crippen LogP contribution >= 0.6 is 0 Å². The Balaban J connectivity index is 2.35. The topological polar surface area (TPSA) is 41.6 Å².